The number of benzene rings is 1. The third kappa shape index (κ3) is 2.79. The van der Waals surface area contributed by atoms with Gasteiger partial charge in [0.05, 0.1) is 22.8 Å². The van der Waals surface area contributed by atoms with E-state index in [2.05, 4.69) is 5.10 Å². The zero-order valence-electron chi connectivity index (χ0n) is 11.1. The molecule has 0 atom stereocenters. The van der Waals surface area contributed by atoms with E-state index in [0.29, 0.717) is 10.7 Å². The average molecular weight is 279 g/mol. The van der Waals surface area contributed by atoms with Gasteiger partial charge >= 0.3 is 5.97 Å². The Bertz CT molecular complexity index is 624. The molecule has 1 N–H and O–H groups in total. The molecule has 5 heteroatoms. The highest BCUT2D eigenvalue weighted by atomic mass is 35.5. The normalized spacial score (nSPS) is 10.7. The van der Waals surface area contributed by atoms with Gasteiger partial charge in [0.15, 0.2) is 0 Å². The fourth-order valence-electron chi connectivity index (χ4n) is 2.18. The van der Waals surface area contributed by atoms with Gasteiger partial charge in [0.2, 0.25) is 0 Å². The fourth-order valence-corrected chi connectivity index (χ4v) is 2.58. The highest BCUT2D eigenvalue weighted by Gasteiger charge is 2.14. The molecule has 1 heterocycles. The van der Waals surface area contributed by atoms with Crippen molar-refractivity contribution in [2.45, 2.75) is 27.2 Å². The van der Waals surface area contributed by atoms with E-state index >= 15 is 0 Å². The first-order valence-corrected chi connectivity index (χ1v) is 6.30. The van der Waals surface area contributed by atoms with Crippen molar-refractivity contribution in [3.63, 3.8) is 0 Å². The molecule has 1 aromatic heterocycles. The van der Waals surface area contributed by atoms with Crippen molar-refractivity contribution in [1.29, 1.82) is 0 Å². The Hall–Kier alpha value is -1.81. The summed E-state index contributed by atoms with van der Waals surface area (Å²) >= 11 is 6.28. The minimum atomic E-state index is -0.892. The van der Waals surface area contributed by atoms with Gasteiger partial charge in [-0.05, 0) is 44.0 Å². The quantitative estimate of drug-likeness (QED) is 0.939. The molecule has 0 bridgehead atoms. The van der Waals surface area contributed by atoms with E-state index < -0.39 is 5.97 Å². The lowest BCUT2D eigenvalue weighted by molar-refractivity contribution is -0.136. The summed E-state index contributed by atoms with van der Waals surface area (Å²) in [6.07, 6.45) is -0.0869. The van der Waals surface area contributed by atoms with Crippen LogP contribution in [-0.2, 0) is 11.2 Å². The van der Waals surface area contributed by atoms with Crippen molar-refractivity contribution in [2.24, 2.45) is 0 Å². The van der Waals surface area contributed by atoms with Gasteiger partial charge in [0, 0.05) is 5.69 Å². The first kappa shape index (κ1) is 13.6. The van der Waals surface area contributed by atoms with Crippen LogP contribution in [-0.4, -0.2) is 20.9 Å². The fraction of sp³-hybridized carbons (Fsp3) is 0.286. The summed E-state index contributed by atoms with van der Waals surface area (Å²) in [5.74, 6) is -0.892. The van der Waals surface area contributed by atoms with E-state index in [9.17, 15) is 4.79 Å². The number of nitrogens with zero attached hydrogens (tertiary/aromatic N) is 2. The minimum absolute atomic E-state index is 0.0869. The molecule has 0 radical (unpaired) electrons. The Morgan fingerprint density at radius 3 is 2.58 bits per heavy atom. The predicted octanol–water partition coefficient (Wildman–Crippen LogP) is 3.08. The Balaban J connectivity index is 2.53. The molecule has 0 aliphatic heterocycles. The van der Waals surface area contributed by atoms with E-state index in [-0.39, 0.29) is 6.42 Å². The molecular formula is C14H15ClN2O2. The predicted molar refractivity (Wildman–Crippen MR) is 74.1 cm³/mol. The Morgan fingerprint density at radius 2 is 2.00 bits per heavy atom. The highest BCUT2D eigenvalue weighted by Crippen LogP contribution is 2.27. The van der Waals surface area contributed by atoms with Crippen LogP contribution in [0.2, 0.25) is 5.02 Å². The van der Waals surface area contributed by atoms with E-state index in [1.54, 1.807) is 10.7 Å². The Morgan fingerprint density at radius 1 is 1.32 bits per heavy atom. The van der Waals surface area contributed by atoms with Crippen molar-refractivity contribution in [3.05, 3.63) is 45.7 Å². The molecule has 0 unspecified atom stereocenters. The smallest absolute Gasteiger partial charge is 0.309 e. The monoisotopic (exact) mass is 278 g/mol. The van der Waals surface area contributed by atoms with Crippen LogP contribution in [0.15, 0.2) is 18.2 Å². The summed E-state index contributed by atoms with van der Waals surface area (Å²) in [6.45, 7) is 5.83. The summed E-state index contributed by atoms with van der Waals surface area (Å²) in [7, 11) is 0. The van der Waals surface area contributed by atoms with Crippen LogP contribution in [0, 0.1) is 20.8 Å². The lowest BCUT2D eigenvalue weighted by atomic mass is 10.1. The number of hydrogen-bond acceptors (Lipinski definition) is 2. The zero-order valence-corrected chi connectivity index (χ0v) is 11.8. The number of aliphatic carboxylic acids is 1. The second-order valence-corrected chi connectivity index (χ2v) is 5.08. The van der Waals surface area contributed by atoms with Gasteiger partial charge in [0.1, 0.15) is 0 Å². The van der Waals surface area contributed by atoms with Gasteiger partial charge in [0.25, 0.3) is 0 Å². The maximum absolute atomic E-state index is 10.7. The molecule has 0 amide bonds. The number of aryl methyl sites for hydroxylation is 3. The van der Waals surface area contributed by atoms with Crippen LogP contribution in [0.25, 0.3) is 5.69 Å². The van der Waals surface area contributed by atoms with Crippen LogP contribution in [0.4, 0.5) is 0 Å². The highest BCUT2D eigenvalue weighted by molar-refractivity contribution is 6.32. The Kier molecular flexibility index (Phi) is 3.62. The van der Waals surface area contributed by atoms with E-state index in [4.69, 9.17) is 16.7 Å². The first-order valence-electron chi connectivity index (χ1n) is 5.93. The second kappa shape index (κ2) is 5.05. The number of rotatable bonds is 3. The van der Waals surface area contributed by atoms with Gasteiger partial charge < -0.3 is 5.11 Å². The largest absolute Gasteiger partial charge is 0.481 e. The van der Waals surface area contributed by atoms with Crippen molar-refractivity contribution >= 4 is 17.6 Å². The number of carboxylic acid groups (broad SMARTS) is 1. The minimum Gasteiger partial charge on any atom is -0.481 e. The third-order valence-electron chi connectivity index (χ3n) is 2.88. The van der Waals surface area contributed by atoms with Crippen LogP contribution >= 0.6 is 11.6 Å². The molecule has 2 rings (SSSR count). The third-order valence-corrected chi connectivity index (χ3v) is 3.17. The van der Waals surface area contributed by atoms with Gasteiger partial charge in [-0.1, -0.05) is 17.7 Å². The molecule has 100 valence electrons. The number of halogens is 1. The first-order chi connectivity index (χ1) is 8.88. The van der Waals surface area contributed by atoms with E-state index in [1.807, 2.05) is 32.9 Å². The van der Waals surface area contributed by atoms with Gasteiger partial charge in [-0.15, -0.1) is 0 Å². The summed E-state index contributed by atoms with van der Waals surface area (Å²) in [5, 5.41) is 13.7. The zero-order chi connectivity index (χ0) is 14.2. The molecule has 2 aromatic rings. The molecule has 1 aromatic carbocycles. The van der Waals surface area contributed by atoms with Gasteiger partial charge in [-0.2, -0.15) is 5.10 Å². The van der Waals surface area contributed by atoms with Crippen molar-refractivity contribution < 1.29 is 9.90 Å². The van der Waals surface area contributed by atoms with E-state index in [0.717, 1.165) is 22.5 Å². The maximum Gasteiger partial charge on any atom is 0.309 e. The summed E-state index contributed by atoms with van der Waals surface area (Å²) in [6, 6.07) is 5.67. The topological polar surface area (TPSA) is 55.1 Å². The second-order valence-electron chi connectivity index (χ2n) is 4.67. The lowest BCUT2D eigenvalue weighted by Crippen LogP contribution is -2.05. The molecule has 19 heavy (non-hydrogen) atoms. The molecule has 0 saturated carbocycles. The SMILES string of the molecule is Cc1cc(C)c(-n2nc(CC(=O)O)cc2C)c(Cl)c1. The van der Waals surface area contributed by atoms with E-state index in [1.165, 1.54) is 0 Å². The van der Waals surface area contributed by atoms with Crippen molar-refractivity contribution in [2.75, 3.05) is 0 Å². The van der Waals surface area contributed by atoms with Gasteiger partial charge in [-0.3, -0.25) is 4.79 Å². The van der Waals surface area contributed by atoms with Crippen molar-refractivity contribution in [3.8, 4) is 5.69 Å². The molecular weight excluding hydrogens is 264 g/mol. The number of aromatic nitrogens is 2. The van der Waals surface area contributed by atoms with Crippen LogP contribution < -0.4 is 0 Å². The molecule has 0 spiro atoms. The summed E-state index contributed by atoms with van der Waals surface area (Å²) in [4.78, 5) is 10.7. The van der Waals surface area contributed by atoms with Crippen molar-refractivity contribution in [1.82, 2.24) is 9.78 Å². The van der Waals surface area contributed by atoms with Crippen LogP contribution in [0.1, 0.15) is 22.5 Å². The standard InChI is InChI=1S/C14H15ClN2O2/c1-8-4-9(2)14(12(15)5-8)17-10(3)6-11(16-17)7-13(18)19/h4-6H,7H2,1-3H3,(H,18,19). The molecule has 4 nitrogen and oxygen atoms in total. The van der Waals surface area contributed by atoms with Gasteiger partial charge in [-0.25, -0.2) is 4.68 Å². The van der Waals surface area contributed by atoms with Crippen LogP contribution in [0.3, 0.4) is 0 Å². The Labute approximate surface area is 116 Å². The molecule has 0 aliphatic rings. The summed E-state index contributed by atoms with van der Waals surface area (Å²) < 4.78 is 1.70. The molecule has 0 saturated heterocycles. The lowest BCUT2D eigenvalue weighted by Gasteiger charge is -2.11. The number of carboxylic acids is 1. The number of hydrogen-bond donors (Lipinski definition) is 1. The van der Waals surface area contributed by atoms with Crippen LogP contribution in [0.5, 0.6) is 0 Å². The summed E-state index contributed by atoms with van der Waals surface area (Å²) in [5.41, 5.74) is 4.30. The average Bonchev–Trinajstić information content (AvgIpc) is 2.57. The maximum atomic E-state index is 10.7. The molecule has 0 fully saturated rings. The molecule has 0 aliphatic carbocycles. The number of carbonyl (C=O) groups is 1.